The van der Waals surface area contributed by atoms with Gasteiger partial charge in [0.25, 0.3) is 0 Å². The highest BCUT2D eigenvalue weighted by Gasteiger charge is 2.47. The number of benzene rings is 2. The van der Waals surface area contributed by atoms with E-state index < -0.39 is 17.9 Å². The molecule has 2 aromatic rings. The van der Waals surface area contributed by atoms with Gasteiger partial charge >= 0.3 is 5.97 Å². The van der Waals surface area contributed by atoms with Crippen LogP contribution < -0.4 is 4.90 Å². The highest BCUT2D eigenvalue weighted by atomic mass is 16.5. The first kappa shape index (κ1) is 24.8. The second kappa shape index (κ2) is 10.1. The van der Waals surface area contributed by atoms with Gasteiger partial charge in [0, 0.05) is 18.6 Å². The first-order valence-corrected chi connectivity index (χ1v) is 12.5. The van der Waals surface area contributed by atoms with Gasteiger partial charge in [-0.2, -0.15) is 0 Å². The number of anilines is 1. The molecule has 6 nitrogen and oxygen atoms in total. The fourth-order valence-corrected chi connectivity index (χ4v) is 5.33. The summed E-state index contributed by atoms with van der Waals surface area (Å²) in [6.07, 6.45) is 4.31. The summed E-state index contributed by atoms with van der Waals surface area (Å²) in [6.45, 7) is 6.29. The van der Waals surface area contributed by atoms with E-state index >= 15 is 0 Å². The van der Waals surface area contributed by atoms with Crippen molar-refractivity contribution in [3.8, 4) is 0 Å². The molecule has 4 rings (SSSR count). The third-order valence-electron chi connectivity index (χ3n) is 6.95. The molecular weight excluding hydrogens is 440 g/mol. The molecule has 0 radical (unpaired) electrons. The summed E-state index contributed by atoms with van der Waals surface area (Å²) in [6, 6.07) is 14.2. The Hall–Kier alpha value is -3.28. The van der Waals surface area contributed by atoms with Crippen LogP contribution >= 0.6 is 0 Å². The average molecular weight is 475 g/mol. The summed E-state index contributed by atoms with van der Waals surface area (Å²) in [5.41, 5.74) is 3.31. The van der Waals surface area contributed by atoms with Crippen LogP contribution in [0.1, 0.15) is 81.3 Å². The third kappa shape index (κ3) is 5.07. The Bertz CT molecular complexity index is 1150. The van der Waals surface area contributed by atoms with E-state index in [4.69, 9.17) is 9.73 Å². The second-order valence-electron chi connectivity index (χ2n) is 10.3. The molecule has 35 heavy (non-hydrogen) atoms. The van der Waals surface area contributed by atoms with Crippen LogP contribution in [-0.4, -0.2) is 30.5 Å². The van der Waals surface area contributed by atoms with Crippen LogP contribution in [0.5, 0.6) is 0 Å². The molecule has 1 aliphatic carbocycles. The van der Waals surface area contributed by atoms with Crippen molar-refractivity contribution in [2.24, 2.45) is 16.3 Å². The number of esters is 1. The first-order valence-electron chi connectivity index (χ1n) is 12.5. The van der Waals surface area contributed by atoms with Crippen LogP contribution in [0, 0.1) is 11.3 Å². The number of aliphatic imine (C=N–C) groups is 1. The van der Waals surface area contributed by atoms with Gasteiger partial charge in [-0.1, -0.05) is 57.9 Å². The number of carbonyl (C=O) groups excluding carboxylic acids is 3. The second-order valence-corrected chi connectivity index (χ2v) is 10.3. The minimum Gasteiger partial charge on any atom is -0.465 e. The minimum absolute atomic E-state index is 0.0120. The molecular formula is C29H34N2O4. The minimum atomic E-state index is -0.533. The molecule has 0 bridgehead atoms. The van der Waals surface area contributed by atoms with Crippen molar-refractivity contribution in [3.63, 3.8) is 0 Å². The zero-order chi connectivity index (χ0) is 25.2. The highest BCUT2D eigenvalue weighted by Crippen LogP contribution is 2.48. The summed E-state index contributed by atoms with van der Waals surface area (Å²) in [5, 5.41) is 0. The molecule has 0 aromatic heterocycles. The number of rotatable bonds is 6. The molecule has 1 heterocycles. The lowest BCUT2D eigenvalue weighted by molar-refractivity contribution is -0.125. The van der Waals surface area contributed by atoms with Crippen molar-refractivity contribution in [1.29, 1.82) is 0 Å². The maximum absolute atomic E-state index is 13.8. The molecule has 1 saturated carbocycles. The van der Waals surface area contributed by atoms with Gasteiger partial charge in [0.2, 0.25) is 5.91 Å². The van der Waals surface area contributed by atoms with E-state index in [2.05, 4.69) is 20.8 Å². The van der Waals surface area contributed by atoms with E-state index in [1.807, 2.05) is 36.4 Å². The molecule has 0 unspecified atom stereocenters. The number of nitrogens with zero attached hydrogens (tertiary/aromatic N) is 2. The van der Waals surface area contributed by atoms with Gasteiger partial charge in [-0.05, 0) is 48.1 Å². The van der Waals surface area contributed by atoms with Gasteiger partial charge < -0.3 is 9.64 Å². The van der Waals surface area contributed by atoms with Gasteiger partial charge in [-0.25, -0.2) is 4.79 Å². The quantitative estimate of drug-likeness (QED) is 0.368. The summed E-state index contributed by atoms with van der Waals surface area (Å²) in [5.74, 6) is -0.870. The predicted octanol–water partition coefficient (Wildman–Crippen LogP) is 6.22. The van der Waals surface area contributed by atoms with Crippen molar-refractivity contribution in [2.75, 3.05) is 12.0 Å². The largest absolute Gasteiger partial charge is 0.465 e. The van der Waals surface area contributed by atoms with E-state index in [0.29, 0.717) is 24.8 Å². The standard InChI is InChI=1S/C29H34N2O4/c1-5-6-7-12-25(33)31-23-11-9-8-10-21(23)30-22-17-29(2,3)18-24(32)26(22)27(31)19-13-15-20(16-14-19)28(34)35-4/h8-11,13-16,26-27H,5-7,12,17-18H2,1-4H3/t26-,27+/m0/s1. The Kier molecular flexibility index (Phi) is 7.20. The van der Waals surface area contributed by atoms with Crippen LogP contribution in [0.15, 0.2) is 53.5 Å². The van der Waals surface area contributed by atoms with Crippen molar-refractivity contribution in [3.05, 3.63) is 59.7 Å². The van der Waals surface area contributed by atoms with E-state index in [0.717, 1.165) is 41.9 Å². The monoisotopic (exact) mass is 474 g/mol. The molecule has 0 N–H and O–H groups in total. The fourth-order valence-electron chi connectivity index (χ4n) is 5.33. The van der Waals surface area contributed by atoms with Crippen molar-refractivity contribution in [2.45, 2.75) is 65.3 Å². The number of hydrogen-bond donors (Lipinski definition) is 0. The number of methoxy groups -OCH3 is 1. The molecule has 1 fully saturated rings. The van der Waals surface area contributed by atoms with Crippen molar-refractivity contribution < 1.29 is 19.1 Å². The zero-order valence-electron chi connectivity index (χ0n) is 21.0. The summed E-state index contributed by atoms with van der Waals surface area (Å²) >= 11 is 0. The summed E-state index contributed by atoms with van der Waals surface area (Å²) < 4.78 is 4.85. The van der Waals surface area contributed by atoms with Crippen LogP contribution in [-0.2, 0) is 14.3 Å². The Morgan fingerprint density at radius 1 is 1.06 bits per heavy atom. The van der Waals surface area contributed by atoms with Gasteiger partial charge in [0.05, 0.1) is 36.0 Å². The van der Waals surface area contributed by atoms with E-state index in [1.54, 1.807) is 17.0 Å². The van der Waals surface area contributed by atoms with Crippen LogP contribution in [0.4, 0.5) is 11.4 Å². The van der Waals surface area contributed by atoms with E-state index in [9.17, 15) is 14.4 Å². The molecule has 0 saturated heterocycles. The van der Waals surface area contributed by atoms with Crippen LogP contribution in [0.2, 0.25) is 0 Å². The fraction of sp³-hybridized carbons (Fsp3) is 0.448. The molecule has 2 aromatic carbocycles. The predicted molar refractivity (Wildman–Crippen MR) is 137 cm³/mol. The molecule has 2 atom stereocenters. The Morgan fingerprint density at radius 3 is 2.46 bits per heavy atom. The lowest BCUT2D eigenvalue weighted by atomic mass is 9.68. The lowest BCUT2D eigenvalue weighted by Crippen LogP contribution is -2.47. The van der Waals surface area contributed by atoms with Crippen LogP contribution in [0.25, 0.3) is 0 Å². The van der Waals surface area contributed by atoms with Gasteiger partial charge in [0.1, 0.15) is 5.78 Å². The summed E-state index contributed by atoms with van der Waals surface area (Å²) in [7, 11) is 1.35. The SMILES string of the molecule is CCCCCC(=O)N1c2ccccc2N=C2CC(C)(C)CC(=O)[C@H]2[C@H]1c1ccc(C(=O)OC)cc1. The van der Waals surface area contributed by atoms with Crippen molar-refractivity contribution in [1.82, 2.24) is 0 Å². The number of para-hydroxylation sites is 2. The Balaban J connectivity index is 1.88. The first-order chi connectivity index (χ1) is 16.8. The molecule has 1 amide bonds. The van der Waals surface area contributed by atoms with Crippen molar-refractivity contribution >= 4 is 34.7 Å². The summed E-state index contributed by atoms with van der Waals surface area (Å²) in [4.78, 5) is 46.3. The Labute approximate surface area is 207 Å². The van der Waals surface area contributed by atoms with Gasteiger partial charge in [-0.15, -0.1) is 0 Å². The number of Topliss-reactive ketones (excluding diaryl/α,β-unsaturated/α-hetero) is 1. The van der Waals surface area contributed by atoms with Crippen LogP contribution in [0.3, 0.4) is 0 Å². The molecule has 184 valence electrons. The smallest absolute Gasteiger partial charge is 0.337 e. The number of amides is 1. The molecule has 2 aliphatic rings. The molecule has 1 aliphatic heterocycles. The van der Waals surface area contributed by atoms with Gasteiger partial charge in [-0.3, -0.25) is 14.6 Å². The lowest BCUT2D eigenvalue weighted by Gasteiger charge is -2.41. The normalized spacial score (nSPS) is 20.9. The third-order valence-corrected chi connectivity index (χ3v) is 6.95. The maximum Gasteiger partial charge on any atom is 0.337 e. The number of ketones is 1. The number of carbonyl (C=O) groups is 3. The topological polar surface area (TPSA) is 76.0 Å². The number of ether oxygens (including phenoxy) is 1. The highest BCUT2D eigenvalue weighted by molar-refractivity contribution is 6.13. The number of fused-ring (bicyclic) bond motifs is 2. The number of unbranched alkanes of at least 4 members (excludes halogenated alkanes) is 2. The van der Waals surface area contributed by atoms with E-state index in [-0.39, 0.29) is 17.1 Å². The number of hydrogen-bond acceptors (Lipinski definition) is 5. The molecule has 0 spiro atoms. The maximum atomic E-state index is 13.8. The van der Waals surface area contributed by atoms with E-state index in [1.165, 1.54) is 7.11 Å². The average Bonchev–Trinajstić information content (AvgIpc) is 2.97. The Morgan fingerprint density at radius 2 is 1.77 bits per heavy atom. The zero-order valence-corrected chi connectivity index (χ0v) is 21.0. The molecule has 6 heteroatoms. The van der Waals surface area contributed by atoms with Gasteiger partial charge in [0.15, 0.2) is 0 Å².